The maximum atomic E-state index is 12.3. The van der Waals surface area contributed by atoms with Crippen LogP contribution in [0.5, 0.6) is 0 Å². The highest BCUT2D eigenvalue weighted by molar-refractivity contribution is 6.31. The summed E-state index contributed by atoms with van der Waals surface area (Å²) in [5.74, 6) is -1.24. The number of rotatable bonds is 10. The minimum atomic E-state index is -1.20. The molecule has 1 aliphatic carbocycles. The lowest BCUT2D eigenvalue weighted by Gasteiger charge is -2.16. The fourth-order valence-corrected chi connectivity index (χ4v) is 4.54. The quantitative estimate of drug-likeness (QED) is 0.310. The number of halogens is 1. The molecule has 0 radical (unpaired) electrons. The zero-order chi connectivity index (χ0) is 26.2. The van der Waals surface area contributed by atoms with Crippen LogP contribution in [0.15, 0.2) is 72.8 Å². The molecule has 0 unspecified atom stereocenters. The molecule has 0 heterocycles. The second-order valence-electron chi connectivity index (χ2n) is 8.60. The highest BCUT2D eigenvalue weighted by Gasteiger charge is 2.29. The van der Waals surface area contributed by atoms with E-state index in [1.165, 1.54) is 0 Å². The van der Waals surface area contributed by atoms with Gasteiger partial charge in [0.25, 0.3) is 0 Å². The van der Waals surface area contributed by atoms with Crippen LogP contribution in [0.4, 0.5) is 9.59 Å². The molecule has 8 nitrogen and oxygen atoms in total. The summed E-state index contributed by atoms with van der Waals surface area (Å²) in [5.41, 5.74) is 5.13. The van der Waals surface area contributed by atoms with Crippen LogP contribution in [-0.4, -0.2) is 42.5 Å². The molecule has 37 heavy (non-hydrogen) atoms. The average molecular weight is 523 g/mol. The number of carboxylic acid groups (broad SMARTS) is 1. The van der Waals surface area contributed by atoms with Crippen LogP contribution < -0.4 is 10.6 Å². The summed E-state index contributed by atoms with van der Waals surface area (Å²) in [6.45, 7) is 0.300. The Balaban J connectivity index is 1.19. The third kappa shape index (κ3) is 6.59. The molecule has 3 aromatic carbocycles. The minimum Gasteiger partial charge on any atom is -0.480 e. The second kappa shape index (κ2) is 12.3. The molecule has 0 fully saturated rings. The molecule has 0 bridgehead atoms. The van der Waals surface area contributed by atoms with Crippen molar-refractivity contribution in [2.75, 3.05) is 13.2 Å². The first-order chi connectivity index (χ1) is 17.9. The van der Waals surface area contributed by atoms with Gasteiger partial charge in [-0.15, -0.1) is 0 Å². The van der Waals surface area contributed by atoms with Gasteiger partial charge in [-0.3, -0.25) is 0 Å². The number of hydrogen-bond acceptors (Lipinski definition) is 5. The molecular formula is C28H27ClN2O6. The summed E-state index contributed by atoms with van der Waals surface area (Å²) in [7, 11) is 0. The number of hydrogen-bond donors (Lipinski definition) is 3. The Morgan fingerprint density at radius 2 is 1.49 bits per heavy atom. The van der Waals surface area contributed by atoms with Crippen LogP contribution >= 0.6 is 11.6 Å². The predicted octanol–water partition coefficient (Wildman–Crippen LogP) is 5.34. The SMILES string of the molecule is O=C(NCCC[C@H](NC(=O)OCc1ccccc1Cl)C(=O)O)OCC1c2ccccc2-c2ccccc21. The Morgan fingerprint density at radius 3 is 2.14 bits per heavy atom. The molecular weight excluding hydrogens is 496 g/mol. The summed E-state index contributed by atoms with van der Waals surface area (Å²) in [4.78, 5) is 35.9. The maximum absolute atomic E-state index is 12.3. The number of ether oxygens (including phenoxy) is 2. The molecule has 4 rings (SSSR count). The second-order valence-corrected chi connectivity index (χ2v) is 9.00. The number of nitrogens with one attached hydrogen (secondary N) is 2. The Morgan fingerprint density at radius 1 is 0.865 bits per heavy atom. The topological polar surface area (TPSA) is 114 Å². The standard InChI is InChI=1S/C28H27ClN2O6/c29-24-13-6-1-8-18(24)16-36-28(35)31-25(26(32)33)14-7-15-30-27(34)37-17-23-21-11-4-2-9-19(21)20-10-3-5-12-22(20)23/h1-6,8-13,23,25H,7,14-17H2,(H,30,34)(H,31,35)(H,32,33)/t25-/m0/s1. The summed E-state index contributed by atoms with van der Waals surface area (Å²) in [6, 6.07) is 21.8. The van der Waals surface area contributed by atoms with E-state index in [0.717, 1.165) is 22.3 Å². The Labute approximate surface area is 219 Å². The highest BCUT2D eigenvalue weighted by Crippen LogP contribution is 2.44. The lowest BCUT2D eigenvalue weighted by molar-refractivity contribution is -0.139. The van der Waals surface area contributed by atoms with E-state index in [1.807, 2.05) is 36.4 Å². The molecule has 0 spiro atoms. The summed E-state index contributed by atoms with van der Waals surface area (Å²) < 4.78 is 10.6. The number of carbonyl (C=O) groups excluding carboxylic acids is 2. The van der Waals surface area contributed by atoms with Crippen LogP contribution in [-0.2, 0) is 20.9 Å². The molecule has 1 aliphatic rings. The number of amides is 2. The van der Waals surface area contributed by atoms with E-state index >= 15 is 0 Å². The number of fused-ring (bicyclic) bond motifs is 3. The number of carbonyl (C=O) groups is 3. The molecule has 3 N–H and O–H groups in total. The molecule has 3 aromatic rings. The first-order valence-corrected chi connectivity index (χ1v) is 12.3. The van der Waals surface area contributed by atoms with Crippen molar-refractivity contribution in [2.45, 2.75) is 31.4 Å². The van der Waals surface area contributed by atoms with Gasteiger partial charge in [0, 0.05) is 23.0 Å². The summed E-state index contributed by atoms with van der Waals surface area (Å²) in [6.07, 6.45) is -1.04. The minimum absolute atomic E-state index is 0.0458. The first-order valence-electron chi connectivity index (χ1n) is 11.9. The van der Waals surface area contributed by atoms with Gasteiger partial charge in [-0.05, 0) is 41.2 Å². The predicted molar refractivity (Wildman–Crippen MR) is 139 cm³/mol. The third-order valence-electron chi connectivity index (χ3n) is 6.19. The van der Waals surface area contributed by atoms with Crippen molar-refractivity contribution in [2.24, 2.45) is 0 Å². The van der Waals surface area contributed by atoms with Crippen molar-refractivity contribution in [3.8, 4) is 11.1 Å². The van der Waals surface area contributed by atoms with Crippen LogP contribution in [0.25, 0.3) is 11.1 Å². The van der Waals surface area contributed by atoms with Crippen molar-refractivity contribution >= 4 is 29.8 Å². The van der Waals surface area contributed by atoms with Crippen LogP contribution in [0.2, 0.25) is 5.02 Å². The van der Waals surface area contributed by atoms with Crippen molar-refractivity contribution in [1.29, 1.82) is 0 Å². The van der Waals surface area contributed by atoms with E-state index in [1.54, 1.807) is 24.3 Å². The zero-order valence-corrected chi connectivity index (χ0v) is 20.7. The van der Waals surface area contributed by atoms with E-state index in [-0.39, 0.29) is 32.1 Å². The van der Waals surface area contributed by atoms with Gasteiger partial charge >= 0.3 is 18.2 Å². The monoisotopic (exact) mass is 522 g/mol. The lowest BCUT2D eigenvalue weighted by Crippen LogP contribution is -2.41. The number of benzene rings is 3. The largest absolute Gasteiger partial charge is 0.480 e. The van der Waals surface area contributed by atoms with Crippen LogP contribution in [0.3, 0.4) is 0 Å². The van der Waals surface area contributed by atoms with E-state index in [2.05, 4.69) is 22.8 Å². The molecule has 9 heteroatoms. The number of alkyl carbamates (subject to hydrolysis) is 2. The first kappa shape index (κ1) is 26.0. The van der Waals surface area contributed by atoms with Crippen molar-refractivity contribution in [3.05, 3.63) is 94.5 Å². The lowest BCUT2D eigenvalue weighted by atomic mass is 9.98. The van der Waals surface area contributed by atoms with Crippen LogP contribution in [0.1, 0.15) is 35.4 Å². The molecule has 1 atom stereocenters. The van der Waals surface area contributed by atoms with Gasteiger partial charge in [0.15, 0.2) is 0 Å². The molecule has 0 aromatic heterocycles. The van der Waals surface area contributed by atoms with E-state index in [9.17, 15) is 19.5 Å². The van der Waals surface area contributed by atoms with Crippen molar-refractivity contribution in [1.82, 2.24) is 10.6 Å². The molecule has 0 aliphatic heterocycles. The Kier molecular flexibility index (Phi) is 8.64. The molecule has 0 saturated carbocycles. The number of aliphatic carboxylic acids is 1. The van der Waals surface area contributed by atoms with Gasteiger partial charge in [-0.2, -0.15) is 0 Å². The summed E-state index contributed by atoms with van der Waals surface area (Å²) >= 11 is 6.03. The normalized spacial score (nSPS) is 12.7. The Bertz CT molecular complexity index is 1240. The zero-order valence-electron chi connectivity index (χ0n) is 20.0. The molecule has 2 amide bonds. The van der Waals surface area contributed by atoms with Gasteiger partial charge in [0.05, 0.1) is 0 Å². The molecule has 192 valence electrons. The average Bonchev–Trinajstić information content (AvgIpc) is 3.22. The van der Waals surface area contributed by atoms with E-state index < -0.39 is 24.2 Å². The molecule has 0 saturated heterocycles. The van der Waals surface area contributed by atoms with Gasteiger partial charge in [0.1, 0.15) is 19.3 Å². The van der Waals surface area contributed by atoms with E-state index in [0.29, 0.717) is 17.0 Å². The fraction of sp³-hybridized carbons (Fsp3) is 0.250. The van der Waals surface area contributed by atoms with Gasteiger partial charge in [0.2, 0.25) is 0 Å². The van der Waals surface area contributed by atoms with Crippen molar-refractivity contribution in [3.63, 3.8) is 0 Å². The fourth-order valence-electron chi connectivity index (χ4n) is 4.35. The smallest absolute Gasteiger partial charge is 0.408 e. The van der Waals surface area contributed by atoms with Gasteiger partial charge < -0.3 is 25.2 Å². The van der Waals surface area contributed by atoms with Gasteiger partial charge in [-0.1, -0.05) is 78.3 Å². The number of carboxylic acids is 1. The Hall–Kier alpha value is -4.04. The maximum Gasteiger partial charge on any atom is 0.408 e. The third-order valence-corrected chi connectivity index (χ3v) is 6.56. The van der Waals surface area contributed by atoms with E-state index in [4.69, 9.17) is 21.1 Å². The van der Waals surface area contributed by atoms with Crippen molar-refractivity contribution < 1.29 is 29.0 Å². The van der Waals surface area contributed by atoms with Gasteiger partial charge in [-0.25, -0.2) is 14.4 Å². The summed E-state index contributed by atoms with van der Waals surface area (Å²) in [5, 5.41) is 14.8. The van der Waals surface area contributed by atoms with Crippen LogP contribution in [0, 0.1) is 0 Å². The highest BCUT2D eigenvalue weighted by atomic mass is 35.5.